The van der Waals surface area contributed by atoms with E-state index in [2.05, 4.69) is 35.2 Å². The monoisotopic (exact) mass is 479 g/mol. The number of anilines is 2. The molecule has 0 bridgehead atoms. The molecule has 1 N–H and O–H groups in total. The molecule has 0 unspecified atom stereocenters. The minimum absolute atomic E-state index is 0.209. The Hall–Kier alpha value is -3.66. The van der Waals surface area contributed by atoms with Crippen molar-refractivity contribution in [3.63, 3.8) is 0 Å². The molecule has 5 rings (SSSR count). The fraction of sp³-hybridized carbons (Fsp3) is 0.440. The molecule has 1 aliphatic carbocycles. The molecule has 10 nitrogen and oxygen atoms in total. The Morgan fingerprint density at radius 3 is 2.71 bits per heavy atom. The van der Waals surface area contributed by atoms with Crippen molar-refractivity contribution >= 4 is 29.2 Å². The molecule has 2 saturated heterocycles. The summed E-state index contributed by atoms with van der Waals surface area (Å²) >= 11 is 0. The van der Waals surface area contributed by atoms with Crippen molar-refractivity contribution in [3.8, 4) is 5.88 Å². The van der Waals surface area contributed by atoms with Gasteiger partial charge in [-0.1, -0.05) is 11.6 Å². The van der Waals surface area contributed by atoms with Crippen LogP contribution < -0.4 is 15.0 Å². The number of carbonyl (C=O) groups is 2. The summed E-state index contributed by atoms with van der Waals surface area (Å²) in [4.78, 5) is 37.4. The van der Waals surface area contributed by atoms with Crippen molar-refractivity contribution in [1.82, 2.24) is 14.9 Å². The smallest absolute Gasteiger partial charge is 0.410 e. The molecule has 0 saturated carbocycles. The van der Waals surface area contributed by atoms with Gasteiger partial charge in [-0.2, -0.15) is 4.98 Å². The highest BCUT2D eigenvalue weighted by molar-refractivity contribution is 6.03. The van der Waals surface area contributed by atoms with Gasteiger partial charge in [0.05, 0.1) is 26.3 Å². The highest BCUT2D eigenvalue weighted by atomic mass is 16.6. The van der Waals surface area contributed by atoms with Gasteiger partial charge in [-0.25, -0.2) is 9.78 Å². The Morgan fingerprint density at radius 1 is 1.11 bits per heavy atom. The van der Waals surface area contributed by atoms with Gasteiger partial charge in [-0.3, -0.25) is 4.79 Å². The molecular weight excluding hydrogens is 450 g/mol. The summed E-state index contributed by atoms with van der Waals surface area (Å²) in [7, 11) is 0. The van der Waals surface area contributed by atoms with Crippen LogP contribution in [0.3, 0.4) is 0 Å². The highest BCUT2D eigenvalue weighted by Gasteiger charge is 2.23. The van der Waals surface area contributed by atoms with Gasteiger partial charge in [0.2, 0.25) is 11.8 Å². The number of amides is 2. The molecule has 2 aromatic rings. The molecule has 2 fully saturated rings. The van der Waals surface area contributed by atoms with Crippen LogP contribution in [0.1, 0.15) is 35.5 Å². The standard InChI is InChI=1S/C25H29N5O5/c1-16-13-18-3-4-19(14-20(18)17(16)2)26-23(31)21-15-22(34-11-7-30-8-12-35-25(30)32)28-24(27-21)29-5-9-33-10-6-29/h3-4,14-15H,5-13H2,1-2H3,(H,26,31). The summed E-state index contributed by atoms with van der Waals surface area (Å²) < 4.78 is 16.2. The van der Waals surface area contributed by atoms with Gasteiger partial charge >= 0.3 is 6.09 Å². The number of rotatable bonds is 7. The molecule has 3 heterocycles. The zero-order chi connectivity index (χ0) is 24.4. The van der Waals surface area contributed by atoms with Gasteiger partial charge in [0.15, 0.2) is 0 Å². The van der Waals surface area contributed by atoms with Crippen LogP contribution in [0.2, 0.25) is 0 Å². The maximum absolute atomic E-state index is 13.2. The molecule has 10 heteroatoms. The lowest BCUT2D eigenvalue weighted by atomic mass is 10.1. The Kier molecular flexibility index (Phi) is 6.54. The SMILES string of the molecule is CC1=C(C)c2cc(NC(=O)c3cc(OCCN4CCOC4=O)nc(N4CCOCC4)n3)ccc2C1. The van der Waals surface area contributed by atoms with Gasteiger partial charge in [0.25, 0.3) is 5.91 Å². The van der Waals surface area contributed by atoms with E-state index in [9.17, 15) is 9.59 Å². The Morgan fingerprint density at radius 2 is 1.94 bits per heavy atom. The normalized spacial score (nSPS) is 17.5. The number of benzene rings is 1. The maximum atomic E-state index is 13.2. The number of aromatic nitrogens is 2. The molecule has 1 aromatic heterocycles. The number of ether oxygens (including phenoxy) is 3. The first kappa shape index (κ1) is 23.1. The van der Waals surface area contributed by atoms with Crippen LogP contribution in [0.25, 0.3) is 5.57 Å². The first-order valence-electron chi connectivity index (χ1n) is 11.9. The number of carbonyl (C=O) groups excluding carboxylic acids is 2. The van der Waals surface area contributed by atoms with Crippen molar-refractivity contribution in [2.75, 3.05) is 62.8 Å². The van der Waals surface area contributed by atoms with Crippen LogP contribution in [-0.2, 0) is 15.9 Å². The highest BCUT2D eigenvalue weighted by Crippen LogP contribution is 2.34. The molecule has 2 amide bonds. The van der Waals surface area contributed by atoms with E-state index in [1.54, 1.807) is 4.90 Å². The van der Waals surface area contributed by atoms with E-state index >= 15 is 0 Å². The predicted molar refractivity (Wildman–Crippen MR) is 130 cm³/mol. The number of nitrogens with one attached hydrogen (secondary N) is 1. The zero-order valence-corrected chi connectivity index (χ0v) is 20.0. The minimum atomic E-state index is -0.347. The molecular formula is C25H29N5O5. The van der Waals surface area contributed by atoms with Crippen molar-refractivity contribution < 1.29 is 23.8 Å². The van der Waals surface area contributed by atoms with Crippen LogP contribution in [0, 0.1) is 0 Å². The van der Waals surface area contributed by atoms with E-state index in [0.29, 0.717) is 57.6 Å². The molecule has 2 aliphatic heterocycles. The van der Waals surface area contributed by atoms with E-state index in [1.807, 2.05) is 17.0 Å². The van der Waals surface area contributed by atoms with Crippen molar-refractivity contribution in [1.29, 1.82) is 0 Å². The lowest BCUT2D eigenvalue weighted by molar-refractivity contribution is 0.102. The van der Waals surface area contributed by atoms with Crippen LogP contribution in [0.5, 0.6) is 5.88 Å². The molecule has 0 radical (unpaired) electrons. The maximum Gasteiger partial charge on any atom is 0.410 e. The number of cyclic esters (lactones) is 1. The molecule has 0 atom stereocenters. The second-order valence-electron chi connectivity index (χ2n) is 8.85. The second-order valence-corrected chi connectivity index (χ2v) is 8.85. The third kappa shape index (κ3) is 5.07. The third-order valence-electron chi connectivity index (χ3n) is 6.54. The second kappa shape index (κ2) is 9.91. The van der Waals surface area contributed by atoms with Crippen LogP contribution in [0.15, 0.2) is 29.8 Å². The summed E-state index contributed by atoms with van der Waals surface area (Å²) in [5.41, 5.74) is 5.96. The van der Waals surface area contributed by atoms with E-state index in [-0.39, 0.29) is 30.2 Å². The number of fused-ring (bicyclic) bond motifs is 1. The zero-order valence-electron chi connectivity index (χ0n) is 20.0. The van der Waals surface area contributed by atoms with Gasteiger partial charge < -0.3 is 29.3 Å². The predicted octanol–water partition coefficient (Wildman–Crippen LogP) is 2.75. The summed E-state index contributed by atoms with van der Waals surface area (Å²) in [5, 5.41) is 2.97. The minimum Gasteiger partial charge on any atom is -0.476 e. The largest absolute Gasteiger partial charge is 0.476 e. The van der Waals surface area contributed by atoms with Crippen molar-refractivity contribution in [3.05, 3.63) is 46.7 Å². The van der Waals surface area contributed by atoms with Gasteiger partial charge in [0.1, 0.15) is 18.9 Å². The average Bonchev–Trinajstić information content (AvgIpc) is 3.41. The fourth-order valence-corrected chi connectivity index (χ4v) is 4.40. The number of hydrogen-bond donors (Lipinski definition) is 1. The first-order valence-corrected chi connectivity index (χ1v) is 11.9. The van der Waals surface area contributed by atoms with Crippen molar-refractivity contribution in [2.45, 2.75) is 20.3 Å². The van der Waals surface area contributed by atoms with Crippen molar-refractivity contribution in [2.24, 2.45) is 0 Å². The molecule has 3 aliphatic rings. The summed E-state index contributed by atoms with van der Waals surface area (Å²) in [5.74, 6) is 0.355. The van der Waals surface area contributed by atoms with Gasteiger partial charge in [-0.15, -0.1) is 0 Å². The quantitative estimate of drug-likeness (QED) is 0.646. The van der Waals surface area contributed by atoms with E-state index in [4.69, 9.17) is 14.2 Å². The number of morpholine rings is 1. The topological polar surface area (TPSA) is 106 Å². The van der Waals surface area contributed by atoms with E-state index in [0.717, 1.165) is 6.42 Å². The molecule has 184 valence electrons. The number of nitrogens with zero attached hydrogens (tertiary/aromatic N) is 4. The molecule has 35 heavy (non-hydrogen) atoms. The fourth-order valence-electron chi connectivity index (χ4n) is 4.40. The number of allylic oxidation sites excluding steroid dienone is 2. The Balaban J connectivity index is 1.34. The Bertz CT molecular complexity index is 1170. The molecule has 0 spiro atoms. The average molecular weight is 480 g/mol. The number of hydrogen-bond acceptors (Lipinski definition) is 8. The molecule has 1 aromatic carbocycles. The third-order valence-corrected chi connectivity index (χ3v) is 6.54. The Labute approximate surface area is 203 Å². The lowest BCUT2D eigenvalue weighted by Gasteiger charge is -2.27. The first-order chi connectivity index (χ1) is 17.0. The van der Waals surface area contributed by atoms with Gasteiger partial charge in [0, 0.05) is 24.8 Å². The summed E-state index contributed by atoms with van der Waals surface area (Å²) in [6, 6.07) is 7.52. The summed E-state index contributed by atoms with van der Waals surface area (Å²) in [6.07, 6.45) is 0.597. The van der Waals surface area contributed by atoms with Crippen LogP contribution in [0.4, 0.5) is 16.4 Å². The lowest BCUT2D eigenvalue weighted by Crippen LogP contribution is -2.37. The van der Waals surface area contributed by atoms with Gasteiger partial charge in [-0.05, 0) is 49.1 Å². The van der Waals surface area contributed by atoms with Crippen LogP contribution in [-0.4, -0.2) is 79.5 Å². The van der Waals surface area contributed by atoms with Crippen LogP contribution >= 0.6 is 0 Å². The summed E-state index contributed by atoms with van der Waals surface area (Å²) in [6.45, 7) is 8.14. The van der Waals surface area contributed by atoms with E-state index < -0.39 is 0 Å². The van der Waals surface area contributed by atoms with E-state index in [1.165, 1.54) is 28.3 Å².